The molecule has 228 valence electrons. The van der Waals surface area contributed by atoms with Gasteiger partial charge in [-0.15, -0.1) is 0 Å². The number of carbonyl (C=O) groups is 4. The van der Waals surface area contributed by atoms with E-state index in [1.165, 1.54) is 0 Å². The largest absolute Gasteiger partial charge is 0.361 e. The number of ether oxygens (including phenoxy) is 1. The van der Waals surface area contributed by atoms with Crippen LogP contribution in [0.15, 0.2) is 54.6 Å². The first kappa shape index (κ1) is 33.0. The van der Waals surface area contributed by atoms with Crippen LogP contribution >= 0.6 is 0 Å². The van der Waals surface area contributed by atoms with Gasteiger partial charge in [-0.2, -0.15) is 0 Å². The minimum absolute atomic E-state index is 0.131. The van der Waals surface area contributed by atoms with E-state index in [-0.39, 0.29) is 36.4 Å². The number of hydrogen-bond acceptors (Lipinski definition) is 5. The van der Waals surface area contributed by atoms with E-state index in [0.717, 1.165) is 16.7 Å². The first-order valence-corrected chi connectivity index (χ1v) is 15.0. The molecule has 1 aliphatic heterocycles. The van der Waals surface area contributed by atoms with Crippen LogP contribution in [-0.2, 0) is 36.8 Å². The SMILES string of the molecule is Cc1ccc(CCC(=O)N[C@@H](CC(C)C)C(=O)N[C@@H](Cc2ccccc2)C(=O)N[C@@H](CC(C)C)C(=O)[C@@]2(C)CO2)cc1. The highest BCUT2D eigenvalue weighted by Crippen LogP contribution is 2.29. The molecule has 8 nitrogen and oxygen atoms in total. The predicted octanol–water partition coefficient (Wildman–Crippen LogP) is 4.07. The van der Waals surface area contributed by atoms with Crippen molar-refractivity contribution < 1.29 is 23.9 Å². The summed E-state index contributed by atoms with van der Waals surface area (Å²) in [6, 6.07) is 15.0. The van der Waals surface area contributed by atoms with Crippen LogP contribution in [0.2, 0.25) is 0 Å². The molecule has 2 aromatic rings. The average Bonchev–Trinajstić information content (AvgIpc) is 3.69. The fraction of sp³-hybridized carbons (Fsp3) is 0.529. The third kappa shape index (κ3) is 10.4. The van der Waals surface area contributed by atoms with E-state index < -0.39 is 35.5 Å². The van der Waals surface area contributed by atoms with Gasteiger partial charge in [-0.3, -0.25) is 19.2 Å². The minimum Gasteiger partial charge on any atom is -0.361 e. The lowest BCUT2D eigenvalue weighted by atomic mass is 9.93. The second-order valence-corrected chi connectivity index (χ2v) is 12.6. The highest BCUT2D eigenvalue weighted by molar-refractivity contribution is 5.98. The zero-order valence-electron chi connectivity index (χ0n) is 25.9. The normalized spacial score (nSPS) is 18.2. The molecule has 1 heterocycles. The number of aryl methyl sites for hydroxylation is 2. The number of ketones is 1. The van der Waals surface area contributed by atoms with Gasteiger partial charge in [0.1, 0.15) is 17.7 Å². The molecule has 0 unspecified atom stereocenters. The lowest BCUT2D eigenvalue weighted by Gasteiger charge is -2.27. The maximum atomic E-state index is 13.7. The molecule has 3 rings (SSSR count). The Morgan fingerprint density at radius 1 is 0.762 bits per heavy atom. The van der Waals surface area contributed by atoms with Gasteiger partial charge in [0, 0.05) is 12.8 Å². The van der Waals surface area contributed by atoms with E-state index in [2.05, 4.69) is 16.0 Å². The van der Waals surface area contributed by atoms with E-state index >= 15 is 0 Å². The van der Waals surface area contributed by atoms with E-state index in [1.54, 1.807) is 6.92 Å². The molecule has 1 saturated heterocycles. The van der Waals surface area contributed by atoms with Crippen LogP contribution in [-0.4, -0.2) is 53.8 Å². The molecule has 4 atom stereocenters. The lowest BCUT2D eigenvalue weighted by molar-refractivity contribution is -0.134. The number of nitrogens with one attached hydrogen (secondary N) is 3. The van der Waals surface area contributed by atoms with Crippen molar-refractivity contribution in [1.29, 1.82) is 0 Å². The second-order valence-electron chi connectivity index (χ2n) is 12.6. The Morgan fingerprint density at radius 2 is 1.31 bits per heavy atom. The molecule has 8 heteroatoms. The maximum Gasteiger partial charge on any atom is 0.243 e. The molecule has 0 aliphatic carbocycles. The molecule has 42 heavy (non-hydrogen) atoms. The van der Waals surface area contributed by atoms with Crippen molar-refractivity contribution in [2.24, 2.45) is 11.8 Å². The molecule has 1 fully saturated rings. The Bertz CT molecular complexity index is 1210. The van der Waals surface area contributed by atoms with Crippen molar-refractivity contribution >= 4 is 23.5 Å². The molecular formula is C34H47N3O5. The zero-order valence-corrected chi connectivity index (χ0v) is 25.9. The van der Waals surface area contributed by atoms with E-state index in [4.69, 9.17) is 4.74 Å². The first-order valence-electron chi connectivity index (χ1n) is 15.0. The number of Topliss-reactive ketones (excluding diaryl/α,β-unsaturated/α-hetero) is 1. The van der Waals surface area contributed by atoms with Crippen LogP contribution in [0.3, 0.4) is 0 Å². The molecule has 3 N–H and O–H groups in total. The van der Waals surface area contributed by atoms with Crippen molar-refractivity contribution in [2.45, 2.75) is 97.4 Å². The van der Waals surface area contributed by atoms with Crippen LogP contribution in [0.4, 0.5) is 0 Å². The van der Waals surface area contributed by atoms with Gasteiger partial charge in [-0.1, -0.05) is 87.9 Å². The second kappa shape index (κ2) is 15.1. The molecule has 0 saturated carbocycles. The third-order valence-electron chi connectivity index (χ3n) is 7.47. The fourth-order valence-corrected chi connectivity index (χ4v) is 4.91. The summed E-state index contributed by atoms with van der Waals surface area (Å²) in [5, 5.41) is 8.71. The monoisotopic (exact) mass is 577 g/mol. The summed E-state index contributed by atoms with van der Waals surface area (Å²) in [7, 11) is 0. The smallest absolute Gasteiger partial charge is 0.243 e. The zero-order chi connectivity index (χ0) is 30.9. The first-order chi connectivity index (χ1) is 19.9. The summed E-state index contributed by atoms with van der Waals surface area (Å²) < 4.78 is 5.37. The number of benzene rings is 2. The lowest BCUT2D eigenvalue weighted by Crippen LogP contribution is -2.57. The Hall–Kier alpha value is -3.52. The number of epoxide rings is 1. The molecular weight excluding hydrogens is 530 g/mol. The summed E-state index contributed by atoms with van der Waals surface area (Å²) in [6.45, 7) is 12.0. The molecule has 1 aliphatic rings. The van der Waals surface area contributed by atoms with E-state index in [1.807, 2.05) is 89.2 Å². The summed E-state index contributed by atoms with van der Waals surface area (Å²) >= 11 is 0. The number of hydrogen-bond donors (Lipinski definition) is 3. The Morgan fingerprint density at radius 3 is 1.88 bits per heavy atom. The van der Waals surface area contributed by atoms with Gasteiger partial charge in [0.25, 0.3) is 0 Å². The third-order valence-corrected chi connectivity index (χ3v) is 7.47. The molecule has 0 aromatic heterocycles. The quantitative estimate of drug-likeness (QED) is 0.260. The number of amides is 3. The molecule has 0 radical (unpaired) electrons. The van der Waals surface area contributed by atoms with Crippen molar-refractivity contribution in [3.8, 4) is 0 Å². The minimum atomic E-state index is -0.936. The predicted molar refractivity (Wildman–Crippen MR) is 164 cm³/mol. The van der Waals surface area contributed by atoms with Gasteiger partial charge < -0.3 is 20.7 Å². The number of rotatable bonds is 16. The molecule has 0 bridgehead atoms. The summed E-state index contributed by atoms with van der Waals surface area (Å²) in [6.07, 6.45) is 1.94. The van der Waals surface area contributed by atoms with Gasteiger partial charge in [-0.05, 0) is 56.1 Å². The molecule has 0 spiro atoms. The highest BCUT2D eigenvalue weighted by Gasteiger charge is 2.50. The van der Waals surface area contributed by atoms with Crippen molar-refractivity contribution in [1.82, 2.24) is 16.0 Å². The van der Waals surface area contributed by atoms with Crippen LogP contribution in [0.5, 0.6) is 0 Å². The summed E-state index contributed by atoms with van der Waals surface area (Å²) in [4.78, 5) is 53.3. The topological polar surface area (TPSA) is 117 Å². The maximum absolute atomic E-state index is 13.7. The molecule has 3 amide bonds. The fourth-order valence-electron chi connectivity index (χ4n) is 4.91. The van der Waals surface area contributed by atoms with Gasteiger partial charge in [0.2, 0.25) is 17.7 Å². The Kier molecular flexibility index (Phi) is 11.9. The van der Waals surface area contributed by atoms with E-state index in [0.29, 0.717) is 25.9 Å². The van der Waals surface area contributed by atoms with Gasteiger partial charge in [0.15, 0.2) is 5.78 Å². The van der Waals surface area contributed by atoms with E-state index in [9.17, 15) is 19.2 Å². The standard InChI is InChI=1S/C34H47N3O5/c1-22(2)18-27(31(39)34(6)21-42-34)36-33(41)29(20-26-10-8-7-9-11-26)37-32(40)28(19-23(3)4)35-30(38)17-16-25-14-12-24(5)13-15-25/h7-15,22-23,27-29H,16-21H2,1-6H3,(H,35,38)(H,36,41)(H,37,40)/t27-,28-,29-,34+/m0/s1. The van der Waals surface area contributed by atoms with Crippen LogP contribution < -0.4 is 16.0 Å². The average molecular weight is 578 g/mol. The van der Waals surface area contributed by atoms with Crippen LogP contribution in [0.1, 0.15) is 70.6 Å². The van der Waals surface area contributed by atoms with Crippen molar-refractivity contribution in [3.05, 3.63) is 71.3 Å². The van der Waals surface area contributed by atoms with Crippen LogP contribution in [0.25, 0.3) is 0 Å². The summed E-state index contributed by atoms with van der Waals surface area (Å²) in [5.74, 6) is -0.952. The Labute approximate surface area is 250 Å². The van der Waals surface area contributed by atoms with Crippen molar-refractivity contribution in [2.75, 3.05) is 6.61 Å². The van der Waals surface area contributed by atoms with Crippen LogP contribution in [0, 0.1) is 18.8 Å². The van der Waals surface area contributed by atoms with Gasteiger partial charge in [0.05, 0.1) is 12.6 Å². The highest BCUT2D eigenvalue weighted by atomic mass is 16.6. The van der Waals surface area contributed by atoms with Crippen molar-refractivity contribution in [3.63, 3.8) is 0 Å². The Balaban J connectivity index is 1.73. The summed E-state index contributed by atoms with van der Waals surface area (Å²) in [5.41, 5.74) is 2.19. The van der Waals surface area contributed by atoms with Gasteiger partial charge in [-0.25, -0.2) is 0 Å². The van der Waals surface area contributed by atoms with Gasteiger partial charge >= 0.3 is 0 Å². The molecule has 2 aromatic carbocycles. The number of carbonyl (C=O) groups excluding carboxylic acids is 4.